The first-order valence-corrected chi connectivity index (χ1v) is 12.8. The van der Waals surface area contributed by atoms with Crippen LogP contribution >= 0.6 is 12.0 Å². The van der Waals surface area contributed by atoms with Gasteiger partial charge in [-0.1, -0.05) is 29.3 Å². The van der Waals surface area contributed by atoms with Crippen molar-refractivity contribution in [2.24, 2.45) is 20.5 Å². The van der Waals surface area contributed by atoms with Gasteiger partial charge in [0.2, 0.25) is 11.6 Å². The largest absolute Gasteiger partial charge is 0.506 e. The Morgan fingerprint density at radius 1 is 0.909 bits per heavy atom. The van der Waals surface area contributed by atoms with E-state index in [-0.39, 0.29) is 61.6 Å². The minimum Gasteiger partial charge on any atom is -0.506 e. The SMILES string of the molecule is COc1ccc(O)c(N=Nc2c(SOOO)cc3ccc(N=Nc4c(C(=O)O)nn(-c5ccccc5)c4O)cc3c2O)c1.[Cu]. The van der Waals surface area contributed by atoms with Gasteiger partial charge in [-0.25, -0.2) is 10.1 Å². The van der Waals surface area contributed by atoms with Crippen LogP contribution in [-0.2, 0) is 26.4 Å². The molecule has 5 rings (SSSR count). The van der Waals surface area contributed by atoms with E-state index in [1.54, 1.807) is 42.5 Å². The maximum absolute atomic E-state index is 11.8. The van der Waals surface area contributed by atoms with Gasteiger partial charge in [0.15, 0.2) is 11.4 Å². The van der Waals surface area contributed by atoms with Gasteiger partial charge in [-0.15, -0.1) is 19.7 Å². The smallest absolute Gasteiger partial charge is 0.358 e. The molecule has 5 aromatic rings. The fraction of sp³-hybridized carbons (Fsp3) is 0.0370. The van der Waals surface area contributed by atoms with Crippen LogP contribution in [0.2, 0.25) is 0 Å². The Labute approximate surface area is 262 Å². The monoisotopic (exact) mass is 667 g/mol. The van der Waals surface area contributed by atoms with Gasteiger partial charge in [0.1, 0.15) is 22.9 Å². The number of hydrogen-bond acceptors (Lipinski definition) is 14. The van der Waals surface area contributed by atoms with E-state index >= 15 is 0 Å². The second kappa shape index (κ2) is 14.0. The summed E-state index contributed by atoms with van der Waals surface area (Å²) in [7, 11) is 1.44. The van der Waals surface area contributed by atoms with Crippen LogP contribution in [-0.4, -0.2) is 48.5 Å². The predicted octanol–water partition coefficient (Wildman–Crippen LogP) is 7.11. The zero-order valence-electron chi connectivity index (χ0n) is 22.2. The van der Waals surface area contributed by atoms with Crippen LogP contribution in [0.25, 0.3) is 16.5 Å². The quantitative estimate of drug-likeness (QED) is 0.0333. The number of ether oxygens (including phenoxy) is 1. The topological polar surface area (TPSA) is 213 Å². The molecular weight excluding hydrogens is 648 g/mol. The molecule has 15 nitrogen and oxygen atoms in total. The van der Waals surface area contributed by atoms with Gasteiger partial charge < -0.3 is 25.2 Å². The van der Waals surface area contributed by atoms with Crippen LogP contribution < -0.4 is 4.74 Å². The van der Waals surface area contributed by atoms with E-state index in [2.05, 4.69) is 34.9 Å². The minimum absolute atomic E-state index is 0. The molecule has 17 heteroatoms. The summed E-state index contributed by atoms with van der Waals surface area (Å²) in [5.74, 6) is -2.13. The molecule has 0 spiro atoms. The van der Waals surface area contributed by atoms with Gasteiger partial charge in [-0.3, -0.25) is 0 Å². The van der Waals surface area contributed by atoms with Crippen molar-refractivity contribution in [2.45, 2.75) is 4.90 Å². The van der Waals surface area contributed by atoms with Crippen LogP contribution in [0.1, 0.15) is 10.5 Å². The van der Waals surface area contributed by atoms with Crippen LogP contribution in [0.3, 0.4) is 0 Å². The zero-order valence-corrected chi connectivity index (χ0v) is 23.9. The average molecular weight is 668 g/mol. The molecule has 5 N–H and O–H groups in total. The van der Waals surface area contributed by atoms with Gasteiger partial charge in [0.25, 0.3) is 0 Å². The molecule has 0 amide bonds. The van der Waals surface area contributed by atoms with E-state index in [1.807, 2.05) is 0 Å². The van der Waals surface area contributed by atoms with Gasteiger partial charge in [-0.2, -0.15) is 14.9 Å². The number of benzene rings is 4. The van der Waals surface area contributed by atoms with E-state index in [1.165, 1.54) is 37.4 Å². The molecule has 0 saturated carbocycles. The number of azo groups is 2. The number of aromatic hydroxyl groups is 3. The second-order valence-electron chi connectivity index (χ2n) is 8.53. The van der Waals surface area contributed by atoms with Crippen molar-refractivity contribution < 1.29 is 61.7 Å². The first-order valence-electron chi connectivity index (χ1n) is 12.1. The van der Waals surface area contributed by atoms with E-state index in [9.17, 15) is 25.2 Å². The molecule has 229 valence electrons. The third-order valence-electron chi connectivity index (χ3n) is 5.94. The van der Waals surface area contributed by atoms with Crippen molar-refractivity contribution in [1.29, 1.82) is 0 Å². The van der Waals surface area contributed by atoms with Crippen molar-refractivity contribution in [1.82, 2.24) is 9.78 Å². The fourth-order valence-electron chi connectivity index (χ4n) is 3.91. The standard InChI is InChI=1S/C27H20N6O9S.Cu/c1-40-17-9-10-20(34)19(13-17)29-30-22-21(43-42-41-39)11-14-7-8-15(12-18(14)25(22)35)28-31-23-24(27(37)38)32-33(26(23)36)16-5-3-2-4-6-16;/h2-13,34-36,39H,1H3,(H,37,38);. The molecule has 1 aromatic heterocycles. The fourth-order valence-corrected chi connectivity index (χ4v) is 4.41. The summed E-state index contributed by atoms with van der Waals surface area (Å²) in [6.07, 6.45) is 0. The Morgan fingerprint density at radius 2 is 1.66 bits per heavy atom. The third-order valence-corrected chi connectivity index (χ3v) is 6.56. The first-order chi connectivity index (χ1) is 20.8. The van der Waals surface area contributed by atoms with Crippen molar-refractivity contribution in [3.63, 3.8) is 0 Å². The minimum atomic E-state index is -1.42. The molecule has 0 aliphatic carbocycles. The Morgan fingerprint density at radius 3 is 2.36 bits per heavy atom. The Balaban J connectivity index is 0.00000442. The number of fused-ring (bicyclic) bond motifs is 1. The molecule has 0 aliphatic rings. The molecule has 1 radical (unpaired) electrons. The van der Waals surface area contributed by atoms with Crippen LogP contribution in [0.5, 0.6) is 23.1 Å². The van der Waals surface area contributed by atoms with E-state index in [0.717, 1.165) is 4.68 Å². The number of carboxylic acid groups (broad SMARTS) is 1. The number of rotatable bonds is 10. The number of aromatic nitrogens is 2. The first kappa shape index (κ1) is 31.9. The summed E-state index contributed by atoms with van der Waals surface area (Å²) < 4.78 is 10.7. The van der Waals surface area contributed by atoms with Crippen molar-refractivity contribution in [2.75, 3.05) is 7.11 Å². The van der Waals surface area contributed by atoms with Gasteiger partial charge in [0.05, 0.1) is 35.4 Å². The predicted molar refractivity (Wildman–Crippen MR) is 151 cm³/mol. The number of para-hydroxylation sites is 1. The molecule has 0 bridgehead atoms. The molecule has 44 heavy (non-hydrogen) atoms. The van der Waals surface area contributed by atoms with Crippen molar-refractivity contribution >= 4 is 51.5 Å². The molecule has 0 unspecified atom stereocenters. The van der Waals surface area contributed by atoms with Crippen molar-refractivity contribution in [3.05, 3.63) is 78.5 Å². The Kier molecular flexibility index (Phi) is 10.1. The maximum atomic E-state index is 11.8. The molecule has 0 atom stereocenters. The number of carbonyl (C=O) groups is 1. The molecule has 0 fully saturated rings. The number of nitrogens with zero attached hydrogens (tertiary/aromatic N) is 6. The second-order valence-corrected chi connectivity index (χ2v) is 9.27. The summed E-state index contributed by atoms with van der Waals surface area (Å²) in [6.45, 7) is 0. The van der Waals surface area contributed by atoms with Gasteiger partial charge in [0, 0.05) is 28.5 Å². The summed E-state index contributed by atoms with van der Waals surface area (Å²) in [5, 5.41) is 74.7. The summed E-state index contributed by atoms with van der Waals surface area (Å²) in [5.41, 5.74) is -0.379. The maximum Gasteiger partial charge on any atom is 0.358 e. The van der Waals surface area contributed by atoms with E-state index in [4.69, 9.17) is 9.99 Å². The van der Waals surface area contributed by atoms with Crippen LogP contribution in [0.15, 0.2) is 98.1 Å². The molecular formula is C27H20CuN6O9S. The van der Waals surface area contributed by atoms with Gasteiger partial charge in [-0.05, 0) is 47.9 Å². The normalized spacial score (nSPS) is 11.3. The number of phenolic OH excluding ortho intramolecular Hbond substituents is 2. The number of hydrogen-bond donors (Lipinski definition) is 5. The van der Waals surface area contributed by atoms with E-state index < -0.39 is 17.5 Å². The molecule has 0 saturated heterocycles. The Bertz CT molecular complexity index is 1890. The number of methoxy groups -OCH3 is 1. The summed E-state index contributed by atoms with van der Waals surface area (Å²) in [6, 6.07) is 18.8. The molecule has 1 heterocycles. The number of phenols is 2. The summed E-state index contributed by atoms with van der Waals surface area (Å²) >= 11 is 0.533. The number of carboxylic acids is 1. The Hall–Kier alpha value is -5.03. The van der Waals surface area contributed by atoms with Crippen LogP contribution in [0.4, 0.5) is 22.7 Å². The van der Waals surface area contributed by atoms with Crippen molar-refractivity contribution in [3.8, 4) is 28.8 Å². The van der Waals surface area contributed by atoms with Crippen LogP contribution in [0, 0.1) is 0 Å². The molecule has 4 aromatic carbocycles. The summed E-state index contributed by atoms with van der Waals surface area (Å²) in [4.78, 5) is 12.0. The molecule has 0 aliphatic heterocycles. The average Bonchev–Trinajstić information content (AvgIpc) is 3.36. The zero-order chi connectivity index (χ0) is 30.5. The number of aromatic carboxylic acids is 1. The van der Waals surface area contributed by atoms with E-state index in [0.29, 0.717) is 28.9 Å². The third kappa shape index (κ3) is 6.62. The van der Waals surface area contributed by atoms with Gasteiger partial charge >= 0.3 is 5.97 Å².